The predicted molar refractivity (Wildman–Crippen MR) is 82.5 cm³/mol. The molecule has 1 N–H and O–H groups in total. The molecule has 0 amide bonds. The lowest BCUT2D eigenvalue weighted by molar-refractivity contribution is 0.395. The first kappa shape index (κ1) is 14.2. The average molecular weight is 330 g/mol. The van der Waals surface area contributed by atoms with Crippen molar-refractivity contribution in [3.05, 3.63) is 27.7 Å². The van der Waals surface area contributed by atoms with Crippen LogP contribution in [0.5, 0.6) is 5.75 Å². The van der Waals surface area contributed by atoms with E-state index < -0.39 is 0 Å². The summed E-state index contributed by atoms with van der Waals surface area (Å²) in [5.41, 5.74) is 2.73. The van der Waals surface area contributed by atoms with E-state index in [0.717, 1.165) is 18.0 Å². The molecule has 0 saturated carbocycles. The maximum absolute atomic E-state index is 5.57. The molecule has 0 spiro atoms. The van der Waals surface area contributed by atoms with E-state index in [1.54, 1.807) is 7.11 Å². The van der Waals surface area contributed by atoms with E-state index in [1.807, 2.05) is 11.8 Å². The zero-order chi connectivity index (χ0) is 13.1. The molecule has 100 valence electrons. The first-order valence-corrected chi connectivity index (χ1v) is 8.27. The maximum Gasteiger partial charge on any atom is 0.124 e. The lowest BCUT2D eigenvalue weighted by Crippen LogP contribution is -2.33. The molecule has 2 rings (SSSR count). The summed E-state index contributed by atoms with van der Waals surface area (Å²) in [4.78, 5) is 0. The van der Waals surface area contributed by atoms with Crippen LogP contribution < -0.4 is 10.1 Å². The van der Waals surface area contributed by atoms with Crippen LogP contribution in [0.1, 0.15) is 37.4 Å². The molecule has 0 saturated heterocycles. The normalized spacial score (nSPS) is 22.7. The van der Waals surface area contributed by atoms with Gasteiger partial charge in [-0.05, 0) is 30.7 Å². The molecule has 2 nitrogen and oxygen atoms in total. The third-order valence-electron chi connectivity index (χ3n) is 3.43. The van der Waals surface area contributed by atoms with Crippen molar-refractivity contribution in [1.29, 1.82) is 0 Å². The van der Waals surface area contributed by atoms with Crippen molar-refractivity contribution in [3.8, 4) is 5.75 Å². The summed E-state index contributed by atoms with van der Waals surface area (Å²) >= 11 is 5.71. The molecule has 0 aromatic heterocycles. The molecular weight excluding hydrogens is 310 g/mol. The number of halogens is 1. The van der Waals surface area contributed by atoms with E-state index >= 15 is 0 Å². The summed E-state index contributed by atoms with van der Waals surface area (Å²) in [7, 11) is 1.76. The van der Waals surface area contributed by atoms with Gasteiger partial charge in [0.15, 0.2) is 0 Å². The summed E-state index contributed by atoms with van der Waals surface area (Å²) < 4.78 is 6.76. The minimum absolute atomic E-state index is 0.390. The molecule has 4 heteroatoms. The van der Waals surface area contributed by atoms with Gasteiger partial charge in [-0.25, -0.2) is 0 Å². The van der Waals surface area contributed by atoms with Crippen LogP contribution >= 0.6 is 27.7 Å². The molecule has 0 bridgehead atoms. The second kappa shape index (κ2) is 6.31. The zero-order valence-corrected chi connectivity index (χ0v) is 13.5. The Hall–Kier alpha value is -0.190. The lowest BCUT2D eigenvalue weighted by Gasteiger charge is -2.34. The largest absolute Gasteiger partial charge is 0.496 e. The van der Waals surface area contributed by atoms with Gasteiger partial charge in [0.05, 0.1) is 7.11 Å². The molecular formula is C14H20BrNOS. The number of hydrogen-bond donors (Lipinski definition) is 1. The molecule has 0 fully saturated rings. The number of methoxy groups -OCH3 is 1. The number of rotatable bonds is 4. The van der Waals surface area contributed by atoms with Crippen molar-refractivity contribution in [2.45, 2.75) is 37.3 Å². The van der Waals surface area contributed by atoms with Gasteiger partial charge in [-0.1, -0.05) is 29.8 Å². The van der Waals surface area contributed by atoms with E-state index in [4.69, 9.17) is 4.74 Å². The fraction of sp³-hybridized carbons (Fsp3) is 0.571. The van der Waals surface area contributed by atoms with Crippen LogP contribution in [-0.2, 0) is 5.75 Å². The topological polar surface area (TPSA) is 21.3 Å². The summed E-state index contributed by atoms with van der Waals surface area (Å²) in [5.74, 6) is 2.07. The van der Waals surface area contributed by atoms with Crippen LogP contribution in [0, 0.1) is 0 Å². The summed E-state index contributed by atoms with van der Waals surface area (Å²) in [6.45, 7) is 5.41. The quantitative estimate of drug-likeness (QED) is 0.897. The van der Waals surface area contributed by atoms with E-state index in [1.165, 1.54) is 22.0 Å². The number of ether oxygens (including phenoxy) is 1. The predicted octanol–water partition coefficient (Wildman–Crippen LogP) is 4.13. The van der Waals surface area contributed by atoms with Crippen molar-refractivity contribution in [3.63, 3.8) is 0 Å². The van der Waals surface area contributed by atoms with Crippen molar-refractivity contribution in [2.75, 3.05) is 13.7 Å². The fourth-order valence-corrected chi connectivity index (χ4v) is 4.59. The molecule has 0 radical (unpaired) electrons. The Balaban J connectivity index is 2.50. The second-order valence-corrected chi connectivity index (χ2v) is 6.52. The van der Waals surface area contributed by atoms with Crippen molar-refractivity contribution < 1.29 is 4.74 Å². The van der Waals surface area contributed by atoms with Crippen molar-refractivity contribution >= 4 is 27.7 Å². The van der Waals surface area contributed by atoms with E-state index in [-0.39, 0.29) is 0 Å². The lowest BCUT2D eigenvalue weighted by atomic mass is 9.95. The Morgan fingerprint density at radius 3 is 2.83 bits per heavy atom. The van der Waals surface area contributed by atoms with Crippen LogP contribution in [0.4, 0.5) is 0 Å². The highest BCUT2D eigenvalue weighted by Gasteiger charge is 2.32. The van der Waals surface area contributed by atoms with Crippen LogP contribution in [0.25, 0.3) is 0 Å². The minimum Gasteiger partial charge on any atom is -0.496 e. The maximum atomic E-state index is 5.57. The Morgan fingerprint density at radius 1 is 1.44 bits per heavy atom. The van der Waals surface area contributed by atoms with Crippen LogP contribution in [0.15, 0.2) is 16.6 Å². The monoisotopic (exact) mass is 329 g/mol. The Kier molecular flexibility index (Phi) is 4.98. The molecule has 0 aliphatic carbocycles. The molecule has 2 unspecified atom stereocenters. The van der Waals surface area contributed by atoms with Gasteiger partial charge in [0.2, 0.25) is 0 Å². The van der Waals surface area contributed by atoms with E-state index in [0.29, 0.717) is 11.3 Å². The van der Waals surface area contributed by atoms with Gasteiger partial charge in [-0.3, -0.25) is 0 Å². The summed E-state index contributed by atoms with van der Waals surface area (Å²) in [6, 6.07) is 4.55. The van der Waals surface area contributed by atoms with Crippen LogP contribution in [0.3, 0.4) is 0 Å². The van der Waals surface area contributed by atoms with E-state index in [2.05, 4.69) is 47.2 Å². The summed E-state index contributed by atoms with van der Waals surface area (Å²) in [6.07, 6.45) is 1.18. The molecule has 1 aliphatic heterocycles. The Morgan fingerprint density at radius 2 is 2.22 bits per heavy atom. The van der Waals surface area contributed by atoms with Gasteiger partial charge in [0.1, 0.15) is 5.75 Å². The first-order chi connectivity index (χ1) is 8.72. The molecule has 18 heavy (non-hydrogen) atoms. The number of nitrogens with one attached hydrogen (secondary N) is 1. The molecule has 1 aliphatic rings. The van der Waals surface area contributed by atoms with Crippen LogP contribution in [0.2, 0.25) is 0 Å². The van der Waals surface area contributed by atoms with Gasteiger partial charge in [-0.15, -0.1) is 0 Å². The highest BCUT2D eigenvalue weighted by Crippen LogP contribution is 2.45. The highest BCUT2D eigenvalue weighted by molar-refractivity contribution is 9.10. The van der Waals surface area contributed by atoms with Gasteiger partial charge < -0.3 is 10.1 Å². The highest BCUT2D eigenvalue weighted by atomic mass is 79.9. The zero-order valence-electron chi connectivity index (χ0n) is 11.1. The van der Waals surface area contributed by atoms with Crippen LogP contribution in [-0.4, -0.2) is 18.9 Å². The molecule has 1 aromatic carbocycles. The Bertz CT molecular complexity index is 425. The minimum atomic E-state index is 0.390. The molecule has 1 heterocycles. The van der Waals surface area contributed by atoms with Crippen molar-refractivity contribution in [2.24, 2.45) is 0 Å². The smallest absolute Gasteiger partial charge is 0.124 e. The SMILES string of the molecule is CCNC1c2c(OC)ccc(Br)c2CSC1CC. The van der Waals surface area contributed by atoms with Gasteiger partial charge in [0, 0.05) is 27.1 Å². The third kappa shape index (κ3) is 2.56. The van der Waals surface area contributed by atoms with Crippen molar-refractivity contribution in [1.82, 2.24) is 5.32 Å². The Labute approximate surface area is 122 Å². The number of thioether (sulfide) groups is 1. The fourth-order valence-electron chi connectivity index (χ4n) is 2.56. The second-order valence-electron chi connectivity index (χ2n) is 4.43. The number of benzene rings is 1. The number of hydrogen-bond acceptors (Lipinski definition) is 3. The number of fused-ring (bicyclic) bond motifs is 1. The molecule has 2 atom stereocenters. The van der Waals surface area contributed by atoms with Gasteiger partial charge in [0.25, 0.3) is 0 Å². The standard InChI is InChI=1S/C14H20BrNOS/c1-4-12-14(16-5-2)13-9(8-18-12)10(15)6-7-11(13)17-3/h6-7,12,14,16H,4-5,8H2,1-3H3. The average Bonchev–Trinajstić information content (AvgIpc) is 2.40. The summed E-state index contributed by atoms with van der Waals surface area (Å²) in [5, 5.41) is 4.25. The first-order valence-electron chi connectivity index (χ1n) is 6.43. The third-order valence-corrected chi connectivity index (χ3v) is 5.66. The van der Waals surface area contributed by atoms with Gasteiger partial charge in [-0.2, -0.15) is 11.8 Å². The molecule has 1 aromatic rings. The van der Waals surface area contributed by atoms with Gasteiger partial charge >= 0.3 is 0 Å². The van der Waals surface area contributed by atoms with E-state index in [9.17, 15) is 0 Å².